The number of nitrogens with one attached hydrogen (secondary N) is 2. The number of aliphatic imine (C=N–C) groups is 1. The SMILES string of the molecule is CCNC(=NCCCN1CCC(O)CC1)NC1CCCN(c2cnn(C)c2)C1.I. The molecule has 2 aliphatic rings. The molecule has 29 heavy (non-hydrogen) atoms. The van der Waals surface area contributed by atoms with Crippen molar-refractivity contribution in [2.75, 3.05) is 50.7 Å². The van der Waals surface area contributed by atoms with E-state index >= 15 is 0 Å². The standard InChI is InChI=1S/C20H37N7O.HI/c1-3-21-20(22-9-5-10-26-12-7-19(28)8-13-26)24-17-6-4-11-27(15-17)18-14-23-25(2)16-18;/h14,16-17,19,28H,3-13,15H2,1-2H3,(H2,21,22,24);1H. The van der Waals surface area contributed by atoms with Gasteiger partial charge in [-0.2, -0.15) is 5.10 Å². The summed E-state index contributed by atoms with van der Waals surface area (Å²) in [5.74, 6) is 0.926. The molecule has 3 rings (SSSR count). The Morgan fingerprint density at radius 1 is 1.28 bits per heavy atom. The lowest BCUT2D eigenvalue weighted by atomic mass is 10.1. The lowest BCUT2D eigenvalue weighted by Crippen LogP contribution is -2.51. The molecule has 1 atom stereocenters. The Labute approximate surface area is 192 Å². The molecule has 0 amide bonds. The first kappa shape index (κ1) is 24.2. The number of aliphatic hydroxyl groups excluding tert-OH is 1. The van der Waals surface area contributed by atoms with Crippen LogP contribution in [0.15, 0.2) is 17.4 Å². The van der Waals surface area contributed by atoms with E-state index in [4.69, 9.17) is 4.99 Å². The van der Waals surface area contributed by atoms with Crippen LogP contribution in [0.4, 0.5) is 5.69 Å². The van der Waals surface area contributed by atoms with Crippen molar-refractivity contribution in [3.8, 4) is 0 Å². The molecule has 0 aromatic carbocycles. The first-order valence-corrected chi connectivity index (χ1v) is 10.8. The molecule has 3 N–H and O–H groups in total. The quantitative estimate of drug-likeness (QED) is 0.219. The molecule has 8 nitrogen and oxygen atoms in total. The van der Waals surface area contributed by atoms with Crippen molar-refractivity contribution >= 4 is 35.6 Å². The number of hydrogen-bond acceptors (Lipinski definition) is 5. The van der Waals surface area contributed by atoms with Crippen LogP contribution < -0.4 is 15.5 Å². The highest BCUT2D eigenvalue weighted by Crippen LogP contribution is 2.19. The third-order valence-corrected chi connectivity index (χ3v) is 5.62. The fourth-order valence-corrected chi connectivity index (χ4v) is 4.04. The Morgan fingerprint density at radius 2 is 2.07 bits per heavy atom. The highest BCUT2D eigenvalue weighted by molar-refractivity contribution is 14.0. The topological polar surface area (TPSA) is 81.0 Å². The summed E-state index contributed by atoms with van der Waals surface area (Å²) in [4.78, 5) is 9.64. The van der Waals surface area contributed by atoms with Crippen molar-refractivity contribution in [2.45, 2.75) is 51.2 Å². The zero-order valence-corrected chi connectivity index (χ0v) is 20.2. The van der Waals surface area contributed by atoms with Crippen LogP contribution in [0.1, 0.15) is 39.0 Å². The number of likely N-dealkylation sites (tertiary alicyclic amines) is 1. The Hall–Kier alpha value is -1.07. The van der Waals surface area contributed by atoms with Gasteiger partial charge >= 0.3 is 0 Å². The molecule has 0 radical (unpaired) electrons. The van der Waals surface area contributed by atoms with Gasteiger partial charge in [-0.1, -0.05) is 0 Å². The zero-order chi connectivity index (χ0) is 19.8. The highest BCUT2D eigenvalue weighted by Gasteiger charge is 2.22. The first-order chi connectivity index (χ1) is 13.6. The van der Waals surface area contributed by atoms with Crippen LogP contribution in [0.25, 0.3) is 0 Å². The van der Waals surface area contributed by atoms with Crippen LogP contribution in [0.5, 0.6) is 0 Å². The van der Waals surface area contributed by atoms with Crippen molar-refractivity contribution < 1.29 is 5.11 Å². The van der Waals surface area contributed by atoms with Crippen molar-refractivity contribution in [1.29, 1.82) is 0 Å². The summed E-state index contributed by atoms with van der Waals surface area (Å²) in [5.41, 5.74) is 1.20. The van der Waals surface area contributed by atoms with Gasteiger partial charge in [0.05, 0.1) is 18.0 Å². The minimum atomic E-state index is -0.0967. The smallest absolute Gasteiger partial charge is 0.191 e. The van der Waals surface area contributed by atoms with Gasteiger partial charge in [-0.15, -0.1) is 24.0 Å². The molecule has 0 bridgehead atoms. The number of aliphatic hydroxyl groups is 1. The summed E-state index contributed by atoms with van der Waals surface area (Å²) >= 11 is 0. The van der Waals surface area contributed by atoms with Crippen molar-refractivity contribution in [1.82, 2.24) is 25.3 Å². The monoisotopic (exact) mass is 519 g/mol. The maximum absolute atomic E-state index is 9.61. The van der Waals surface area contributed by atoms with Gasteiger partial charge in [0.15, 0.2) is 5.96 Å². The van der Waals surface area contributed by atoms with E-state index < -0.39 is 0 Å². The van der Waals surface area contributed by atoms with E-state index in [2.05, 4.69) is 38.7 Å². The normalized spacial score (nSPS) is 21.7. The van der Waals surface area contributed by atoms with Gasteiger partial charge in [-0.25, -0.2) is 0 Å². The lowest BCUT2D eigenvalue weighted by Gasteiger charge is -2.34. The van der Waals surface area contributed by atoms with E-state index in [1.54, 1.807) is 0 Å². The molecule has 0 aliphatic carbocycles. The second kappa shape index (κ2) is 12.6. The molecule has 0 saturated carbocycles. The first-order valence-electron chi connectivity index (χ1n) is 10.8. The maximum atomic E-state index is 9.61. The van der Waals surface area contributed by atoms with E-state index in [0.717, 1.165) is 77.5 Å². The molecule has 2 aliphatic heterocycles. The van der Waals surface area contributed by atoms with Crippen LogP contribution in [-0.4, -0.2) is 83.7 Å². The fraction of sp³-hybridized carbons (Fsp3) is 0.800. The molecule has 1 aromatic heterocycles. The van der Waals surface area contributed by atoms with E-state index in [1.165, 1.54) is 12.1 Å². The van der Waals surface area contributed by atoms with E-state index in [9.17, 15) is 5.11 Å². The molecular formula is C20H38IN7O. The van der Waals surface area contributed by atoms with Gasteiger partial charge in [0.1, 0.15) is 0 Å². The molecular weight excluding hydrogens is 481 g/mol. The number of guanidine groups is 1. The molecule has 0 spiro atoms. The average Bonchev–Trinajstić information content (AvgIpc) is 3.13. The Morgan fingerprint density at radius 3 is 2.76 bits per heavy atom. The number of rotatable bonds is 7. The molecule has 2 saturated heterocycles. The summed E-state index contributed by atoms with van der Waals surface area (Å²) in [6.45, 7) is 8.95. The third-order valence-electron chi connectivity index (χ3n) is 5.62. The second-order valence-electron chi connectivity index (χ2n) is 7.99. The van der Waals surface area contributed by atoms with Crippen LogP contribution in [-0.2, 0) is 7.05 Å². The van der Waals surface area contributed by atoms with E-state index in [-0.39, 0.29) is 30.1 Å². The van der Waals surface area contributed by atoms with E-state index in [1.807, 2.05) is 17.9 Å². The van der Waals surface area contributed by atoms with Gasteiger partial charge in [0, 0.05) is 58.6 Å². The molecule has 166 valence electrons. The second-order valence-corrected chi connectivity index (χ2v) is 7.99. The van der Waals surface area contributed by atoms with Crippen LogP contribution in [0.2, 0.25) is 0 Å². The average molecular weight is 519 g/mol. The van der Waals surface area contributed by atoms with Crippen LogP contribution in [0.3, 0.4) is 0 Å². The fourth-order valence-electron chi connectivity index (χ4n) is 4.04. The summed E-state index contributed by atoms with van der Waals surface area (Å²) in [6.07, 6.45) is 9.14. The summed E-state index contributed by atoms with van der Waals surface area (Å²) in [7, 11) is 1.96. The van der Waals surface area contributed by atoms with Crippen LogP contribution >= 0.6 is 24.0 Å². The lowest BCUT2D eigenvalue weighted by molar-refractivity contribution is 0.0824. The van der Waals surface area contributed by atoms with Crippen molar-refractivity contribution in [3.05, 3.63) is 12.4 Å². The van der Waals surface area contributed by atoms with Gasteiger partial charge in [-0.05, 0) is 45.6 Å². The molecule has 3 heterocycles. The number of aromatic nitrogens is 2. The van der Waals surface area contributed by atoms with Gasteiger partial charge in [-0.3, -0.25) is 9.67 Å². The number of nitrogens with zero attached hydrogens (tertiary/aromatic N) is 5. The Kier molecular flexibility index (Phi) is 10.5. The largest absolute Gasteiger partial charge is 0.393 e. The van der Waals surface area contributed by atoms with Crippen LogP contribution in [0, 0.1) is 0 Å². The van der Waals surface area contributed by atoms with Gasteiger partial charge < -0.3 is 25.5 Å². The summed E-state index contributed by atoms with van der Waals surface area (Å²) in [5, 5.41) is 20.9. The van der Waals surface area contributed by atoms with E-state index in [0.29, 0.717) is 6.04 Å². The Balaban J connectivity index is 0.00000300. The Bertz CT molecular complexity index is 616. The number of piperidine rings is 2. The summed E-state index contributed by atoms with van der Waals surface area (Å²) < 4.78 is 1.86. The molecule has 2 fully saturated rings. The van der Waals surface area contributed by atoms with Gasteiger partial charge in [0.2, 0.25) is 0 Å². The molecule has 9 heteroatoms. The predicted molar refractivity (Wildman–Crippen MR) is 129 cm³/mol. The maximum Gasteiger partial charge on any atom is 0.191 e. The predicted octanol–water partition coefficient (Wildman–Crippen LogP) is 1.41. The number of anilines is 1. The third kappa shape index (κ3) is 7.93. The zero-order valence-electron chi connectivity index (χ0n) is 17.9. The summed E-state index contributed by atoms with van der Waals surface area (Å²) in [6, 6.07) is 0.398. The van der Waals surface area contributed by atoms with Crippen molar-refractivity contribution in [3.63, 3.8) is 0 Å². The number of hydrogen-bond donors (Lipinski definition) is 3. The molecule has 1 unspecified atom stereocenters. The molecule has 1 aromatic rings. The minimum absolute atomic E-state index is 0. The minimum Gasteiger partial charge on any atom is -0.393 e. The number of aryl methyl sites for hydroxylation is 1. The van der Waals surface area contributed by atoms with Crippen molar-refractivity contribution in [2.24, 2.45) is 12.0 Å². The number of halogens is 1. The van der Waals surface area contributed by atoms with Gasteiger partial charge in [0.25, 0.3) is 0 Å². The highest BCUT2D eigenvalue weighted by atomic mass is 127.